The highest BCUT2D eigenvalue weighted by Crippen LogP contribution is 2.23. The Morgan fingerprint density at radius 1 is 1.14 bits per heavy atom. The zero-order valence-electron chi connectivity index (χ0n) is 16.8. The Kier molecular flexibility index (Phi) is 4.84. The highest BCUT2D eigenvalue weighted by atomic mass is 16.4. The van der Waals surface area contributed by atoms with Crippen LogP contribution >= 0.6 is 0 Å². The summed E-state index contributed by atoms with van der Waals surface area (Å²) in [5.74, 6) is 1.75. The molecule has 5 heteroatoms. The highest BCUT2D eigenvalue weighted by Gasteiger charge is 2.27. The molecule has 2 aromatic heterocycles. The van der Waals surface area contributed by atoms with E-state index >= 15 is 0 Å². The Bertz CT molecular complexity index is 963. The van der Waals surface area contributed by atoms with Crippen LogP contribution in [0.25, 0.3) is 0 Å². The van der Waals surface area contributed by atoms with Gasteiger partial charge >= 0.3 is 0 Å². The second-order valence-corrected chi connectivity index (χ2v) is 8.42. The van der Waals surface area contributed by atoms with E-state index in [0.29, 0.717) is 13.1 Å². The van der Waals surface area contributed by atoms with Crippen LogP contribution in [-0.4, -0.2) is 26.9 Å². The first-order valence-electron chi connectivity index (χ1n) is 9.89. The van der Waals surface area contributed by atoms with Gasteiger partial charge < -0.3 is 13.9 Å². The number of fused-ring (bicyclic) bond motifs is 1. The minimum Gasteiger partial charge on any atom is -0.445 e. The van der Waals surface area contributed by atoms with Crippen LogP contribution < -0.4 is 0 Å². The van der Waals surface area contributed by atoms with Gasteiger partial charge in [0.2, 0.25) is 0 Å². The maximum Gasteiger partial charge on any atom is 0.255 e. The fraction of sp³-hybridized carbons (Fsp3) is 0.391. The van der Waals surface area contributed by atoms with Crippen molar-refractivity contribution in [3.8, 4) is 0 Å². The third-order valence-corrected chi connectivity index (χ3v) is 5.24. The van der Waals surface area contributed by atoms with Crippen LogP contribution in [0.3, 0.4) is 0 Å². The summed E-state index contributed by atoms with van der Waals surface area (Å²) in [6.45, 7) is 7.56. The minimum absolute atomic E-state index is 0.0344. The molecule has 0 radical (unpaired) electrons. The Morgan fingerprint density at radius 2 is 1.93 bits per heavy atom. The molecule has 0 aliphatic carbocycles. The van der Waals surface area contributed by atoms with E-state index in [1.54, 1.807) is 0 Å². The molecule has 4 rings (SSSR count). The molecule has 0 saturated carbocycles. The number of aryl methyl sites for hydroxylation is 2. The summed E-state index contributed by atoms with van der Waals surface area (Å²) in [5.41, 5.74) is 2.87. The van der Waals surface area contributed by atoms with Crippen LogP contribution in [0.1, 0.15) is 54.0 Å². The predicted molar refractivity (Wildman–Crippen MR) is 108 cm³/mol. The van der Waals surface area contributed by atoms with Crippen LogP contribution in [-0.2, 0) is 31.3 Å². The lowest BCUT2D eigenvalue weighted by molar-refractivity contribution is 0.0727. The second kappa shape index (κ2) is 7.30. The summed E-state index contributed by atoms with van der Waals surface area (Å²) in [6.07, 6.45) is 6.31. The second-order valence-electron chi connectivity index (χ2n) is 8.42. The van der Waals surface area contributed by atoms with Crippen LogP contribution in [0, 0.1) is 0 Å². The molecule has 0 saturated heterocycles. The van der Waals surface area contributed by atoms with Gasteiger partial charge in [-0.2, -0.15) is 0 Å². The van der Waals surface area contributed by atoms with Crippen molar-refractivity contribution in [1.29, 1.82) is 0 Å². The topological polar surface area (TPSA) is 51.3 Å². The first-order chi connectivity index (χ1) is 13.4. The molecule has 5 nitrogen and oxygen atoms in total. The number of benzene rings is 1. The number of hydrogen-bond donors (Lipinski definition) is 0. The number of rotatable bonds is 4. The largest absolute Gasteiger partial charge is 0.445 e. The molecule has 0 bridgehead atoms. The molecule has 1 aromatic carbocycles. The first kappa shape index (κ1) is 18.5. The van der Waals surface area contributed by atoms with Crippen LogP contribution in [0.4, 0.5) is 0 Å². The Labute approximate surface area is 166 Å². The van der Waals surface area contributed by atoms with E-state index in [4.69, 9.17) is 4.42 Å². The standard InChI is InChI=1S/C23H27N3O2/c1-23(2,3)26-14-11-18(15-26)22(27)25-13-12-20-19(16-25)24-21(28-20)10-9-17-7-5-4-6-8-17/h4-8,11,14-15H,9-10,12-13,16H2,1-3H3. The molecule has 3 aromatic rings. The lowest BCUT2D eigenvalue weighted by Crippen LogP contribution is -2.35. The lowest BCUT2D eigenvalue weighted by Gasteiger charge is -2.25. The molecule has 1 aliphatic rings. The van der Waals surface area contributed by atoms with Gasteiger partial charge in [-0.15, -0.1) is 0 Å². The van der Waals surface area contributed by atoms with Gasteiger partial charge in [-0.05, 0) is 38.8 Å². The van der Waals surface area contributed by atoms with Crippen molar-refractivity contribution in [2.24, 2.45) is 0 Å². The van der Waals surface area contributed by atoms with Crippen molar-refractivity contribution in [3.63, 3.8) is 0 Å². The Balaban J connectivity index is 1.42. The van der Waals surface area contributed by atoms with E-state index in [2.05, 4.69) is 42.5 Å². The van der Waals surface area contributed by atoms with Gasteiger partial charge in [0.15, 0.2) is 5.89 Å². The van der Waals surface area contributed by atoms with E-state index in [1.165, 1.54) is 5.56 Å². The smallest absolute Gasteiger partial charge is 0.255 e. The summed E-state index contributed by atoms with van der Waals surface area (Å²) >= 11 is 0. The highest BCUT2D eigenvalue weighted by molar-refractivity contribution is 5.94. The van der Waals surface area contributed by atoms with Gasteiger partial charge in [0.25, 0.3) is 5.91 Å². The molecule has 0 fully saturated rings. The van der Waals surface area contributed by atoms with Gasteiger partial charge in [-0.25, -0.2) is 4.98 Å². The fourth-order valence-electron chi connectivity index (χ4n) is 3.55. The summed E-state index contributed by atoms with van der Waals surface area (Å²) in [5, 5.41) is 0. The summed E-state index contributed by atoms with van der Waals surface area (Å²) in [6, 6.07) is 12.3. The number of aromatic nitrogens is 2. The van der Waals surface area contributed by atoms with Crippen molar-refractivity contribution in [2.45, 2.75) is 52.1 Å². The maximum atomic E-state index is 12.9. The maximum absolute atomic E-state index is 12.9. The van der Waals surface area contributed by atoms with E-state index in [1.807, 2.05) is 41.6 Å². The van der Waals surface area contributed by atoms with Gasteiger partial charge in [-0.1, -0.05) is 30.3 Å². The van der Waals surface area contributed by atoms with E-state index in [-0.39, 0.29) is 11.4 Å². The summed E-state index contributed by atoms with van der Waals surface area (Å²) in [4.78, 5) is 19.5. The average molecular weight is 377 g/mol. The molecule has 0 spiro atoms. The SMILES string of the molecule is CC(C)(C)n1ccc(C(=O)N2CCc3oc(CCc4ccccc4)nc3C2)c1. The number of hydrogen-bond acceptors (Lipinski definition) is 3. The number of nitrogens with zero attached hydrogens (tertiary/aromatic N) is 3. The first-order valence-corrected chi connectivity index (χ1v) is 9.89. The fourth-order valence-corrected chi connectivity index (χ4v) is 3.55. The van der Waals surface area contributed by atoms with Crippen molar-refractivity contribution < 1.29 is 9.21 Å². The zero-order chi connectivity index (χ0) is 19.7. The van der Waals surface area contributed by atoms with Crippen LogP contribution in [0.15, 0.2) is 53.2 Å². The normalized spacial score (nSPS) is 14.2. The van der Waals surface area contributed by atoms with E-state index in [0.717, 1.165) is 42.2 Å². The zero-order valence-corrected chi connectivity index (χ0v) is 16.8. The number of oxazole rings is 1. The van der Waals surface area contributed by atoms with Crippen molar-refractivity contribution >= 4 is 5.91 Å². The van der Waals surface area contributed by atoms with Crippen molar-refractivity contribution in [2.75, 3.05) is 6.54 Å². The van der Waals surface area contributed by atoms with E-state index < -0.39 is 0 Å². The molecular weight excluding hydrogens is 350 g/mol. The monoisotopic (exact) mass is 377 g/mol. The van der Waals surface area contributed by atoms with E-state index in [9.17, 15) is 4.79 Å². The molecule has 0 unspecified atom stereocenters. The number of carbonyl (C=O) groups is 1. The van der Waals surface area contributed by atoms with Gasteiger partial charge in [0.1, 0.15) is 11.5 Å². The van der Waals surface area contributed by atoms with Crippen molar-refractivity contribution in [3.05, 3.63) is 77.3 Å². The van der Waals surface area contributed by atoms with Crippen molar-refractivity contribution in [1.82, 2.24) is 14.5 Å². The molecule has 0 N–H and O–H groups in total. The van der Waals surface area contributed by atoms with Gasteiger partial charge in [-0.3, -0.25) is 4.79 Å². The molecule has 0 atom stereocenters. The minimum atomic E-state index is -0.0344. The Morgan fingerprint density at radius 3 is 2.64 bits per heavy atom. The molecule has 1 amide bonds. The molecule has 146 valence electrons. The molecule has 28 heavy (non-hydrogen) atoms. The van der Waals surface area contributed by atoms with Crippen LogP contribution in [0.5, 0.6) is 0 Å². The molecule has 3 heterocycles. The Hall–Kier alpha value is -2.82. The number of carbonyl (C=O) groups excluding carboxylic acids is 1. The van der Waals surface area contributed by atoms with Gasteiger partial charge in [0.05, 0.1) is 12.1 Å². The third-order valence-electron chi connectivity index (χ3n) is 5.24. The van der Waals surface area contributed by atoms with Crippen LogP contribution in [0.2, 0.25) is 0 Å². The summed E-state index contributed by atoms with van der Waals surface area (Å²) in [7, 11) is 0. The number of amides is 1. The van der Waals surface area contributed by atoms with Gasteiger partial charge in [0, 0.05) is 37.3 Å². The molecule has 1 aliphatic heterocycles. The predicted octanol–water partition coefficient (Wildman–Crippen LogP) is 4.21. The quantitative estimate of drug-likeness (QED) is 0.684. The molecular formula is C23H27N3O2. The third kappa shape index (κ3) is 3.88. The summed E-state index contributed by atoms with van der Waals surface area (Å²) < 4.78 is 8.03. The lowest BCUT2D eigenvalue weighted by atomic mass is 10.1. The average Bonchev–Trinajstić information content (AvgIpc) is 3.33.